The fraction of sp³-hybridized carbons (Fsp3) is 0.393. The van der Waals surface area contributed by atoms with Crippen molar-refractivity contribution in [3.8, 4) is 0 Å². The number of benzene rings is 2. The summed E-state index contributed by atoms with van der Waals surface area (Å²) in [5.41, 5.74) is 3.25. The van der Waals surface area contributed by atoms with Crippen LogP contribution in [0.2, 0.25) is 0 Å². The molecule has 1 atom stereocenters. The minimum atomic E-state index is -0.524. The van der Waals surface area contributed by atoms with Crippen molar-refractivity contribution >= 4 is 23.3 Å². The molecule has 3 aromatic rings. The molecule has 1 saturated heterocycles. The smallest absolute Gasteiger partial charge is 0.408 e. The molecule has 0 radical (unpaired) electrons. The lowest BCUT2D eigenvalue weighted by molar-refractivity contribution is 0.0954. The van der Waals surface area contributed by atoms with E-state index in [1.54, 1.807) is 6.20 Å². The van der Waals surface area contributed by atoms with E-state index in [1.807, 2.05) is 37.3 Å². The number of alkyl carbamates (subject to hydrolysis) is 1. The standard InChI is InChI=1S/C28H35N5O3S/c1-3-32-13-15-33(16-14-32)19-23-11-9-22(10-12-23)17-29-26(34)25-18-30-27(37-25)21(2)31-28(35)36-20-24-7-5-4-6-8-24/h4-12,18,21H,3,13-17,19-20H2,1-2H3,(H,29,34)(H,31,35). The van der Waals surface area contributed by atoms with Gasteiger partial charge >= 0.3 is 6.09 Å². The van der Waals surface area contributed by atoms with Gasteiger partial charge in [0, 0.05) is 39.3 Å². The lowest BCUT2D eigenvalue weighted by Crippen LogP contribution is -2.45. The molecule has 1 aliphatic rings. The Morgan fingerprint density at radius 3 is 2.35 bits per heavy atom. The molecular weight excluding hydrogens is 486 g/mol. The highest BCUT2D eigenvalue weighted by Crippen LogP contribution is 2.20. The third kappa shape index (κ3) is 8.11. The Kier molecular flexibility index (Phi) is 9.65. The zero-order valence-electron chi connectivity index (χ0n) is 21.5. The highest BCUT2D eigenvalue weighted by atomic mass is 32.1. The molecule has 4 rings (SSSR count). The van der Waals surface area contributed by atoms with Crippen LogP contribution in [0.15, 0.2) is 60.8 Å². The number of hydrogen-bond acceptors (Lipinski definition) is 7. The molecule has 1 unspecified atom stereocenters. The summed E-state index contributed by atoms with van der Waals surface area (Å²) < 4.78 is 5.26. The lowest BCUT2D eigenvalue weighted by Gasteiger charge is -2.34. The molecule has 1 aromatic heterocycles. The third-order valence-electron chi connectivity index (χ3n) is 6.46. The number of ether oxygens (including phenoxy) is 1. The molecule has 1 aliphatic heterocycles. The van der Waals surface area contributed by atoms with Gasteiger partial charge in [-0.3, -0.25) is 9.69 Å². The van der Waals surface area contributed by atoms with Gasteiger partial charge < -0.3 is 20.3 Å². The van der Waals surface area contributed by atoms with Crippen LogP contribution in [0.4, 0.5) is 4.79 Å². The van der Waals surface area contributed by atoms with E-state index in [4.69, 9.17) is 4.74 Å². The predicted octanol–water partition coefficient (Wildman–Crippen LogP) is 4.20. The van der Waals surface area contributed by atoms with Crippen molar-refractivity contribution < 1.29 is 14.3 Å². The number of nitrogens with one attached hydrogen (secondary N) is 2. The molecule has 0 saturated carbocycles. The van der Waals surface area contributed by atoms with Crippen molar-refractivity contribution in [2.24, 2.45) is 0 Å². The summed E-state index contributed by atoms with van der Waals surface area (Å²) in [6.45, 7) is 11.2. The van der Waals surface area contributed by atoms with Gasteiger partial charge in [0.25, 0.3) is 5.91 Å². The maximum atomic E-state index is 12.7. The Labute approximate surface area is 222 Å². The highest BCUT2D eigenvalue weighted by molar-refractivity contribution is 7.13. The lowest BCUT2D eigenvalue weighted by atomic mass is 10.1. The first-order chi connectivity index (χ1) is 18.0. The quantitative estimate of drug-likeness (QED) is 0.416. The molecule has 1 fully saturated rings. The van der Waals surface area contributed by atoms with Gasteiger partial charge in [0.05, 0.1) is 12.2 Å². The number of hydrogen-bond donors (Lipinski definition) is 2. The molecule has 2 N–H and O–H groups in total. The van der Waals surface area contributed by atoms with Crippen molar-refractivity contribution in [1.82, 2.24) is 25.4 Å². The Morgan fingerprint density at radius 1 is 0.973 bits per heavy atom. The molecule has 0 bridgehead atoms. The molecule has 8 nitrogen and oxygen atoms in total. The molecule has 9 heteroatoms. The summed E-state index contributed by atoms with van der Waals surface area (Å²) in [4.78, 5) is 34.6. The van der Waals surface area contributed by atoms with Crippen LogP contribution in [-0.2, 0) is 24.4 Å². The summed E-state index contributed by atoms with van der Waals surface area (Å²) in [7, 11) is 0. The first kappa shape index (κ1) is 26.8. The van der Waals surface area contributed by atoms with Crippen LogP contribution < -0.4 is 10.6 Å². The van der Waals surface area contributed by atoms with Crippen molar-refractivity contribution in [3.63, 3.8) is 0 Å². The number of piperazine rings is 1. The van der Waals surface area contributed by atoms with E-state index in [0.717, 1.165) is 50.4 Å². The predicted molar refractivity (Wildman–Crippen MR) is 145 cm³/mol. The van der Waals surface area contributed by atoms with Gasteiger partial charge in [-0.2, -0.15) is 0 Å². The van der Waals surface area contributed by atoms with Gasteiger partial charge in [0.1, 0.15) is 16.5 Å². The van der Waals surface area contributed by atoms with Gasteiger partial charge in [-0.1, -0.05) is 61.5 Å². The Hall–Kier alpha value is -3.27. The van der Waals surface area contributed by atoms with Crippen molar-refractivity contribution in [3.05, 3.63) is 87.4 Å². The summed E-state index contributed by atoms with van der Waals surface area (Å²) in [5, 5.41) is 6.37. The minimum Gasteiger partial charge on any atom is -0.445 e. The Balaban J connectivity index is 1.20. The number of carbonyl (C=O) groups excluding carboxylic acids is 2. The van der Waals surface area contributed by atoms with Gasteiger partial charge in [-0.05, 0) is 30.2 Å². The maximum Gasteiger partial charge on any atom is 0.408 e. The molecule has 2 aromatic carbocycles. The average molecular weight is 522 g/mol. The maximum absolute atomic E-state index is 12.7. The number of amides is 2. The van der Waals surface area contributed by atoms with Crippen LogP contribution in [0.25, 0.3) is 0 Å². The number of aromatic nitrogens is 1. The minimum absolute atomic E-state index is 0.180. The molecule has 0 aliphatic carbocycles. The fourth-order valence-corrected chi connectivity index (χ4v) is 4.99. The van der Waals surface area contributed by atoms with Gasteiger partial charge in [-0.15, -0.1) is 11.3 Å². The van der Waals surface area contributed by atoms with Crippen LogP contribution in [0.5, 0.6) is 0 Å². The fourth-order valence-electron chi connectivity index (χ4n) is 4.15. The normalized spacial score (nSPS) is 15.2. The van der Waals surface area contributed by atoms with E-state index in [9.17, 15) is 9.59 Å². The molecule has 2 heterocycles. The number of carbonyl (C=O) groups is 2. The zero-order valence-corrected chi connectivity index (χ0v) is 22.3. The van der Waals surface area contributed by atoms with E-state index in [1.165, 1.54) is 16.9 Å². The molecule has 37 heavy (non-hydrogen) atoms. The Morgan fingerprint density at radius 2 is 1.65 bits per heavy atom. The second-order valence-electron chi connectivity index (χ2n) is 9.20. The molecule has 196 valence electrons. The monoisotopic (exact) mass is 521 g/mol. The van der Waals surface area contributed by atoms with Crippen molar-refractivity contribution in [1.29, 1.82) is 0 Å². The van der Waals surface area contributed by atoms with Gasteiger partial charge in [0.15, 0.2) is 0 Å². The number of nitrogens with zero attached hydrogens (tertiary/aromatic N) is 3. The Bertz CT molecular complexity index is 1140. The SMILES string of the molecule is CCN1CCN(Cc2ccc(CNC(=O)c3cnc(C(C)NC(=O)OCc4ccccc4)s3)cc2)CC1. The first-order valence-electron chi connectivity index (χ1n) is 12.7. The van der Waals surface area contributed by atoms with Crippen LogP contribution in [-0.4, -0.2) is 59.5 Å². The van der Waals surface area contributed by atoms with Crippen molar-refractivity contribution in [2.45, 2.75) is 39.6 Å². The summed E-state index contributed by atoms with van der Waals surface area (Å²) >= 11 is 1.26. The molecular formula is C28H35N5O3S. The van der Waals surface area contributed by atoms with Crippen LogP contribution in [0, 0.1) is 0 Å². The summed E-state index contributed by atoms with van der Waals surface area (Å²) in [6.07, 6.45) is 1.02. The van der Waals surface area contributed by atoms with E-state index in [2.05, 4.69) is 56.6 Å². The van der Waals surface area contributed by atoms with Crippen molar-refractivity contribution in [2.75, 3.05) is 32.7 Å². The largest absolute Gasteiger partial charge is 0.445 e. The van der Waals surface area contributed by atoms with Crippen LogP contribution in [0.3, 0.4) is 0 Å². The number of likely N-dealkylation sites (N-methyl/N-ethyl adjacent to an activating group) is 1. The van der Waals surface area contributed by atoms with E-state index in [0.29, 0.717) is 16.4 Å². The first-order valence-corrected chi connectivity index (χ1v) is 13.6. The van der Waals surface area contributed by atoms with E-state index >= 15 is 0 Å². The van der Waals surface area contributed by atoms with Gasteiger partial charge in [-0.25, -0.2) is 9.78 Å². The number of rotatable bonds is 10. The van der Waals surface area contributed by atoms with Crippen LogP contribution in [0.1, 0.15) is 51.3 Å². The second kappa shape index (κ2) is 13.3. The summed E-state index contributed by atoms with van der Waals surface area (Å²) in [6, 6.07) is 17.6. The third-order valence-corrected chi connectivity index (χ3v) is 7.64. The zero-order chi connectivity index (χ0) is 26.0. The van der Waals surface area contributed by atoms with Gasteiger partial charge in [0.2, 0.25) is 0 Å². The summed E-state index contributed by atoms with van der Waals surface area (Å²) in [5.74, 6) is -0.180. The van der Waals surface area contributed by atoms with E-state index in [-0.39, 0.29) is 18.6 Å². The second-order valence-corrected chi connectivity index (χ2v) is 10.3. The molecule has 0 spiro atoms. The highest BCUT2D eigenvalue weighted by Gasteiger charge is 2.18. The van der Waals surface area contributed by atoms with Crippen LogP contribution >= 0.6 is 11.3 Å². The number of thiazole rings is 1. The van der Waals surface area contributed by atoms with E-state index < -0.39 is 6.09 Å². The molecule has 2 amide bonds. The topological polar surface area (TPSA) is 86.8 Å². The average Bonchev–Trinajstić information content (AvgIpc) is 3.43.